The molecule has 3 heteroatoms. The van der Waals surface area contributed by atoms with E-state index in [0.29, 0.717) is 6.04 Å². The summed E-state index contributed by atoms with van der Waals surface area (Å²) in [6.07, 6.45) is 13.5. The summed E-state index contributed by atoms with van der Waals surface area (Å²) in [5.41, 5.74) is 3.88. The highest BCUT2D eigenvalue weighted by Gasteiger charge is 2.21. The number of pyridine rings is 2. The molecule has 0 N–H and O–H groups in total. The van der Waals surface area contributed by atoms with Gasteiger partial charge in [-0.05, 0) is 75.0 Å². The number of likely N-dealkylation sites (tertiary alicyclic amines) is 1. The second kappa shape index (κ2) is 8.21. The summed E-state index contributed by atoms with van der Waals surface area (Å²) in [7, 11) is 0. The normalized spacial score (nSPS) is 19.4. The van der Waals surface area contributed by atoms with Gasteiger partial charge in [0.05, 0.1) is 0 Å². The lowest BCUT2D eigenvalue weighted by Gasteiger charge is -2.30. The molecule has 2 aromatic heterocycles. The van der Waals surface area contributed by atoms with E-state index in [0.717, 1.165) is 12.1 Å². The predicted octanol–water partition coefficient (Wildman–Crippen LogP) is 4.33. The van der Waals surface area contributed by atoms with E-state index in [1.807, 2.05) is 25.5 Å². The molecule has 0 saturated carbocycles. The van der Waals surface area contributed by atoms with Gasteiger partial charge in [-0.25, -0.2) is 0 Å². The fourth-order valence-electron chi connectivity index (χ4n) is 3.53. The first-order valence-corrected chi connectivity index (χ1v) is 8.88. The molecule has 3 heterocycles. The van der Waals surface area contributed by atoms with Crippen molar-refractivity contribution in [2.45, 2.75) is 51.5 Å². The summed E-state index contributed by atoms with van der Waals surface area (Å²) in [5.74, 6) is 0. The average Bonchev–Trinajstić information content (AvgIpc) is 2.83. The smallest absolute Gasteiger partial charge is 0.0372 e. The minimum Gasteiger partial charge on any atom is -0.296 e. The molecule has 122 valence electrons. The van der Waals surface area contributed by atoms with Gasteiger partial charge in [-0.2, -0.15) is 0 Å². The molecular formula is C20H27N3. The predicted molar refractivity (Wildman–Crippen MR) is 94.3 cm³/mol. The van der Waals surface area contributed by atoms with Crippen LogP contribution in [0.3, 0.4) is 0 Å². The third-order valence-corrected chi connectivity index (χ3v) is 4.84. The van der Waals surface area contributed by atoms with Gasteiger partial charge in [0.25, 0.3) is 0 Å². The van der Waals surface area contributed by atoms with Crippen molar-refractivity contribution in [2.75, 3.05) is 13.1 Å². The van der Waals surface area contributed by atoms with Crippen LogP contribution in [0.2, 0.25) is 0 Å². The van der Waals surface area contributed by atoms with Crippen molar-refractivity contribution in [2.24, 2.45) is 0 Å². The van der Waals surface area contributed by atoms with E-state index in [1.54, 1.807) is 0 Å². The maximum Gasteiger partial charge on any atom is 0.0372 e. The minimum atomic E-state index is 0.566. The highest BCUT2D eigenvalue weighted by Crippen LogP contribution is 2.29. The van der Waals surface area contributed by atoms with Crippen molar-refractivity contribution < 1.29 is 0 Å². The first-order valence-electron chi connectivity index (χ1n) is 8.88. The Labute approximate surface area is 139 Å². The van der Waals surface area contributed by atoms with E-state index in [1.165, 1.54) is 56.3 Å². The number of aromatic nitrogens is 2. The van der Waals surface area contributed by atoms with Crippen LogP contribution in [0.4, 0.5) is 0 Å². The van der Waals surface area contributed by atoms with Gasteiger partial charge in [0, 0.05) is 30.3 Å². The second-order valence-corrected chi connectivity index (χ2v) is 6.59. The lowest BCUT2D eigenvalue weighted by Crippen LogP contribution is -2.30. The van der Waals surface area contributed by atoms with E-state index in [4.69, 9.17) is 0 Å². The van der Waals surface area contributed by atoms with Gasteiger partial charge < -0.3 is 0 Å². The van der Waals surface area contributed by atoms with Gasteiger partial charge in [0.1, 0.15) is 0 Å². The Morgan fingerprint density at radius 1 is 1.09 bits per heavy atom. The Balaban J connectivity index is 1.60. The minimum absolute atomic E-state index is 0.566. The molecule has 3 rings (SSSR count). The van der Waals surface area contributed by atoms with Crippen LogP contribution in [0, 0.1) is 6.92 Å². The lowest BCUT2D eigenvalue weighted by atomic mass is 10.0. The molecule has 23 heavy (non-hydrogen) atoms. The van der Waals surface area contributed by atoms with Crippen LogP contribution in [0.15, 0.2) is 42.9 Å². The maximum absolute atomic E-state index is 4.40. The van der Waals surface area contributed by atoms with Crippen molar-refractivity contribution in [3.8, 4) is 0 Å². The number of hydrogen-bond donors (Lipinski definition) is 0. The van der Waals surface area contributed by atoms with Crippen LogP contribution >= 0.6 is 0 Å². The molecule has 1 atom stereocenters. The zero-order valence-corrected chi connectivity index (χ0v) is 14.1. The molecule has 1 aliphatic rings. The van der Waals surface area contributed by atoms with E-state index in [9.17, 15) is 0 Å². The molecule has 0 unspecified atom stereocenters. The second-order valence-electron chi connectivity index (χ2n) is 6.59. The van der Waals surface area contributed by atoms with Gasteiger partial charge in [-0.15, -0.1) is 0 Å². The van der Waals surface area contributed by atoms with E-state index in [-0.39, 0.29) is 0 Å². The molecule has 2 aromatic rings. The van der Waals surface area contributed by atoms with Crippen LogP contribution in [-0.2, 0) is 6.42 Å². The topological polar surface area (TPSA) is 29.0 Å². The standard InChI is InChI=1S/C20H27N3/c1-17-8-9-18(16-22-17)6-5-15-23-14-4-2-3-7-20(23)19-10-12-21-13-11-19/h8-13,16,20H,2-7,14-15H2,1H3/t20-/m1/s1. The summed E-state index contributed by atoms with van der Waals surface area (Å²) in [4.78, 5) is 11.3. The molecule has 0 radical (unpaired) electrons. The Morgan fingerprint density at radius 2 is 1.96 bits per heavy atom. The highest BCUT2D eigenvalue weighted by atomic mass is 15.2. The molecule has 0 bridgehead atoms. The van der Waals surface area contributed by atoms with Crippen molar-refractivity contribution in [1.82, 2.24) is 14.9 Å². The van der Waals surface area contributed by atoms with Crippen LogP contribution in [0.25, 0.3) is 0 Å². The first kappa shape index (κ1) is 16.1. The van der Waals surface area contributed by atoms with E-state index < -0.39 is 0 Å². The van der Waals surface area contributed by atoms with E-state index in [2.05, 4.69) is 39.1 Å². The molecule has 0 spiro atoms. The molecular weight excluding hydrogens is 282 g/mol. The van der Waals surface area contributed by atoms with Gasteiger partial charge in [0.15, 0.2) is 0 Å². The summed E-state index contributed by atoms with van der Waals surface area (Å²) in [6, 6.07) is 9.27. The molecule has 0 amide bonds. The fourth-order valence-corrected chi connectivity index (χ4v) is 3.53. The van der Waals surface area contributed by atoms with Gasteiger partial charge in [0.2, 0.25) is 0 Å². The highest BCUT2D eigenvalue weighted by molar-refractivity contribution is 5.16. The maximum atomic E-state index is 4.40. The Bertz CT molecular complexity index is 580. The quantitative estimate of drug-likeness (QED) is 0.823. The van der Waals surface area contributed by atoms with Crippen molar-refractivity contribution in [1.29, 1.82) is 0 Å². The van der Waals surface area contributed by atoms with Crippen molar-refractivity contribution in [3.63, 3.8) is 0 Å². The summed E-state index contributed by atoms with van der Waals surface area (Å²) in [6.45, 7) is 4.43. The molecule has 1 aliphatic heterocycles. The monoisotopic (exact) mass is 309 g/mol. The number of nitrogens with zero attached hydrogens (tertiary/aromatic N) is 3. The summed E-state index contributed by atoms with van der Waals surface area (Å²) in [5, 5.41) is 0. The van der Waals surface area contributed by atoms with Crippen LogP contribution in [0.5, 0.6) is 0 Å². The number of rotatable bonds is 5. The van der Waals surface area contributed by atoms with Crippen LogP contribution in [0.1, 0.15) is 55.0 Å². The number of aryl methyl sites for hydroxylation is 2. The van der Waals surface area contributed by atoms with E-state index >= 15 is 0 Å². The summed E-state index contributed by atoms with van der Waals surface area (Å²) >= 11 is 0. The Kier molecular flexibility index (Phi) is 5.76. The third kappa shape index (κ3) is 4.61. The molecule has 3 nitrogen and oxygen atoms in total. The zero-order chi connectivity index (χ0) is 15.9. The van der Waals surface area contributed by atoms with Gasteiger partial charge in [-0.1, -0.05) is 18.9 Å². The summed E-state index contributed by atoms with van der Waals surface area (Å²) < 4.78 is 0. The third-order valence-electron chi connectivity index (χ3n) is 4.84. The Morgan fingerprint density at radius 3 is 2.74 bits per heavy atom. The fraction of sp³-hybridized carbons (Fsp3) is 0.500. The molecule has 0 aliphatic carbocycles. The van der Waals surface area contributed by atoms with Gasteiger partial charge >= 0.3 is 0 Å². The SMILES string of the molecule is Cc1ccc(CCCN2CCCCC[C@@H]2c2ccncc2)cn1. The van der Waals surface area contributed by atoms with Crippen LogP contribution in [-0.4, -0.2) is 28.0 Å². The zero-order valence-electron chi connectivity index (χ0n) is 14.1. The molecule has 0 aromatic carbocycles. The van der Waals surface area contributed by atoms with Crippen LogP contribution < -0.4 is 0 Å². The Hall–Kier alpha value is -1.74. The number of hydrogen-bond acceptors (Lipinski definition) is 3. The lowest BCUT2D eigenvalue weighted by molar-refractivity contribution is 0.199. The molecule has 1 fully saturated rings. The van der Waals surface area contributed by atoms with Crippen molar-refractivity contribution in [3.05, 3.63) is 59.7 Å². The molecule has 1 saturated heterocycles. The first-order chi connectivity index (χ1) is 11.3. The van der Waals surface area contributed by atoms with Gasteiger partial charge in [-0.3, -0.25) is 14.9 Å². The largest absolute Gasteiger partial charge is 0.296 e. The average molecular weight is 309 g/mol. The van der Waals surface area contributed by atoms with Crippen molar-refractivity contribution >= 4 is 0 Å².